The summed E-state index contributed by atoms with van der Waals surface area (Å²) in [6, 6.07) is 14.0. The lowest BCUT2D eigenvalue weighted by Gasteiger charge is -2.22. The zero-order chi connectivity index (χ0) is 23.6. The quantitative estimate of drug-likeness (QED) is 0.368. The van der Waals surface area contributed by atoms with Gasteiger partial charge in [-0.2, -0.15) is 0 Å². The number of thiophene rings is 1. The molecule has 6 heteroatoms. The van der Waals surface area contributed by atoms with Crippen LogP contribution in [-0.2, 0) is 16.0 Å². The highest BCUT2D eigenvalue weighted by atomic mass is 32.1. The van der Waals surface area contributed by atoms with E-state index in [9.17, 15) is 14.7 Å². The van der Waals surface area contributed by atoms with Gasteiger partial charge >= 0.3 is 5.97 Å². The van der Waals surface area contributed by atoms with Crippen LogP contribution in [0.4, 0.5) is 0 Å². The predicted octanol–water partition coefficient (Wildman–Crippen LogP) is 5.12. The highest BCUT2D eigenvalue weighted by molar-refractivity contribution is 7.14. The Kier molecular flexibility index (Phi) is 9.46. The molecule has 1 aliphatic rings. The molecule has 5 nitrogen and oxygen atoms in total. The van der Waals surface area contributed by atoms with E-state index in [1.807, 2.05) is 41.3 Å². The molecule has 33 heavy (non-hydrogen) atoms. The minimum Gasteiger partial charge on any atom is -0.465 e. The second-order valence-electron chi connectivity index (χ2n) is 8.48. The maximum Gasteiger partial charge on any atom is 0.348 e. The van der Waals surface area contributed by atoms with E-state index >= 15 is 0 Å². The molecule has 3 atom stereocenters. The fourth-order valence-corrected chi connectivity index (χ4v) is 4.86. The van der Waals surface area contributed by atoms with Crippen LogP contribution >= 0.6 is 11.3 Å². The maximum absolute atomic E-state index is 12.4. The molecule has 176 valence electrons. The first-order valence-corrected chi connectivity index (χ1v) is 12.3. The number of aliphatic hydroxyl groups excluding tert-OH is 1. The van der Waals surface area contributed by atoms with E-state index in [0.29, 0.717) is 17.8 Å². The van der Waals surface area contributed by atoms with Crippen LogP contribution in [0.25, 0.3) is 6.08 Å². The monoisotopic (exact) mass is 467 g/mol. The lowest BCUT2D eigenvalue weighted by molar-refractivity contribution is -0.127. The van der Waals surface area contributed by atoms with Gasteiger partial charge in [0.15, 0.2) is 0 Å². The van der Waals surface area contributed by atoms with Crippen LogP contribution in [0.3, 0.4) is 0 Å². The van der Waals surface area contributed by atoms with E-state index in [1.165, 1.54) is 24.0 Å². The van der Waals surface area contributed by atoms with Gasteiger partial charge in [-0.05, 0) is 55.4 Å². The van der Waals surface area contributed by atoms with Gasteiger partial charge in [0.05, 0.1) is 19.3 Å². The Morgan fingerprint density at radius 1 is 1.27 bits per heavy atom. The smallest absolute Gasteiger partial charge is 0.348 e. The number of rotatable bonds is 11. The van der Waals surface area contributed by atoms with Crippen molar-refractivity contribution in [3.8, 4) is 0 Å². The third-order valence-electron chi connectivity index (χ3n) is 6.05. The van der Waals surface area contributed by atoms with Crippen molar-refractivity contribution in [3.05, 3.63) is 76.0 Å². The second kappa shape index (κ2) is 12.5. The number of aliphatic hydroxyl groups is 1. The van der Waals surface area contributed by atoms with Crippen LogP contribution < -0.4 is 0 Å². The van der Waals surface area contributed by atoms with E-state index in [1.54, 1.807) is 6.07 Å². The van der Waals surface area contributed by atoms with Crippen molar-refractivity contribution in [1.82, 2.24) is 4.90 Å². The number of ether oxygens (including phenoxy) is 1. The van der Waals surface area contributed by atoms with Crippen molar-refractivity contribution < 1.29 is 19.4 Å². The zero-order valence-electron chi connectivity index (χ0n) is 19.4. The van der Waals surface area contributed by atoms with Crippen LogP contribution in [0.15, 0.2) is 60.7 Å². The van der Waals surface area contributed by atoms with Gasteiger partial charge in [-0.25, -0.2) is 4.79 Å². The molecule has 3 rings (SSSR count). The third-order valence-corrected chi connectivity index (χ3v) is 7.08. The van der Waals surface area contributed by atoms with Crippen molar-refractivity contribution in [1.29, 1.82) is 0 Å². The fraction of sp³-hybridized carbons (Fsp3) is 0.407. The van der Waals surface area contributed by atoms with Crippen molar-refractivity contribution in [2.45, 2.75) is 51.2 Å². The largest absolute Gasteiger partial charge is 0.465 e. The average molecular weight is 468 g/mol. The number of esters is 1. The van der Waals surface area contributed by atoms with Crippen molar-refractivity contribution in [2.24, 2.45) is 5.92 Å². The molecule has 1 aromatic heterocycles. The molecule has 1 aliphatic heterocycles. The molecule has 0 bridgehead atoms. The summed E-state index contributed by atoms with van der Waals surface area (Å²) < 4.78 is 4.73. The molecular formula is C27H33NO4S. The number of amides is 1. The van der Waals surface area contributed by atoms with Crippen molar-refractivity contribution in [3.63, 3.8) is 0 Å². The Bertz CT molecular complexity index is 966. The number of carbonyl (C=O) groups is 2. The highest BCUT2D eigenvalue weighted by Crippen LogP contribution is 2.23. The predicted molar refractivity (Wildman–Crippen MR) is 133 cm³/mol. The summed E-state index contributed by atoms with van der Waals surface area (Å²) in [5.74, 6) is -0.0493. The summed E-state index contributed by atoms with van der Waals surface area (Å²) in [5.41, 5.74) is 1.33. The minimum atomic E-state index is -0.517. The van der Waals surface area contributed by atoms with E-state index in [-0.39, 0.29) is 23.8 Å². The van der Waals surface area contributed by atoms with Gasteiger partial charge in [0.2, 0.25) is 5.91 Å². The number of hydrogen-bond donors (Lipinski definition) is 1. The van der Waals surface area contributed by atoms with Crippen LogP contribution in [0.5, 0.6) is 0 Å². The summed E-state index contributed by atoms with van der Waals surface area (Å²) in [4.78, 5) is 27.3. The molecule has 0 radical (unpaired) electrons. The van der Waals surface area contributed by atoms with Crippen LogP contribution in [0, 0.1) is 5.92 Å². The van der Waals surface area contributed by atoms with Gasteiger partial charge in [-0.15, -0.1) is 11.3 Å². The highest BCUT2D eigenvalue weighted by Gasteiger charge is 2.28. The van der Waals surface area contributed by atoms with Gasteiger partial charge in [0.25, 0.3) is 0 Å². The Morgan fingerprint density at radius 3 is 2.82 bits per heavy atom. The summed E-state index contributed by atoms with van der Waals surface area (Å²) in [6.07, 6.45) is 11.5. The van der Waals surface area contributed by atoms with Gasteiger partial charge in [-0.1, -0.05) is 55.5 Å². The van der Waals surface area contributed by atoms with Crippen molar-refractivity contribution >= 4 is 29.3 Å². The summed E-state index contributed by atoms with van der Waals surface area (Å²) in [5, 5.41) is 10.6. The standard InChI is InChI=1S/C27H33NO4S/c1-20(8-6-11-21-9-4-3-5-10-21)24(29)16-13-22-14-18-26(30)28(22)19-7-12-23-15-17-25(33-23)27(31)32-2/h3-5,7,9-10,12-13,15-17,20,22,24,29H,6,8,11,14,18-19H2,1-2H3/t20-,22-,24+/m0/s1. The van der Waals surface area contributed by atoms with Gasteiger partial charge in [0.1, 0.15) is 4.88 Å². The normalized spacial score (nSPS) is 18.3. The first-order chi connectivity index (χ1) is 16.0. The molecule has 0 spiro atoms. The number of hydrogen-bond acceptors (Lipinski definition) is 5. The molecule has 0 saturated carbocycles. The number of carbonyl (C=O) groups excluding carboxylic acids is 2. The molecule has 2 heterocycles. The fourth-order valence-electron chi connectivity index (χ4n) is 4.00. The Morgan fingerprint density at radius 2 is 2.06 bits per heavy atom. The number of aryl methyl sites for hydroxylation is 1. The molecule has 0 unspecified atom stereocenters. The Balaban J connectivity index is 1.47. The topological polar surface area (TPSA) is 66.8 Å². The average Bonchev–Trinajstić information content (AvgIpc) is 3.44. The minimum absolute atomic E-state index is 0.00212. The zero-order valence-corrected chi connectivity index (χ0v) is 20.2. The summed E-state index contributed by atoms with van der Waals surface area (Å²) >= 11 is 1.36. The molecule has 1 aromatic carbocycles. The van der Waals surface area contributed by atoms with E-state index in [4.69, 9.17) is 4.74 Å². The molecule has 0 aliphatic carbocycles. The molecule has 1 N–H and O–H groups in total. The van der Waals surface area contributed by atoms with E-state index in [0.717, 1.165) is 30.6 Å². The van der Waals surface area contributed by atoms with Gasteiger partial charge in [0, 0.05) is 17.8 Å². The molecular weight excluding hydrogens is 434 g/mol. The molecule has 1 fully saturated rings. The lowest BCUT2D eigenvalue weighted by atomic mass is 9.95. The van der Waals surface area contributed by atoms with Crippen LogP contribution in [-0.4, -0.2) is 47.7 Å². The van der Waals surface area contributed by atoms with Crippen molar-refractivity contribution in [2.75, 3.05) is 13.7 Å². The summed E-state index contributed by atoms with van der Waals surface area (Å²) in [6.45, 7) is 2.58. The van der Waals surface area contributed by atoms with E-state index in [2.05, 4.69) is 31.2 Å². The van der Waals surface area contributed by atoms with Crippen LogP contribution in [0.2, 0.25) is 0 Å². The number of benzene rings is 1. The SMILES string of the molecule is COC(=O)c1ccc(C=CCN2C(=O)CC[C@@H]2C=C[C@@H](O)[C@@H](C)CCCc2ccccc2)s1. The van der Waals surface area contributed by atoms with Gasteiger partial charge < -0.3 is 14.7 Å². The third kappa shape index (κ3) is 7.41. The Hall–Kier alpha value is -2.70. The lowest BCUT2D eigenvalue weighted by Crippen LogP contribution is -2.32. The Labute approximate surface area is 200 Å². The second-order valence-corrected chi connectivity index (χ2v) is 9.59. The number of likely N-dealkylation sites (tertiary alicyclic amines) is 1. The number of methoxy groups -OCH3 is 1. The maximum atomic E-state index is 12.4. The molecule has 1 amide bonds. The molecule has 2 aromatic rings. The summed E-state index contributed by atoms with van der Waals surface area (Å²) in [7, 11) is 1.37. The van der Waals surface area contributed by atoms with E-state index < -0.39 is 6.10 Å². The number of nitrogens with zero attached hydrogens (tertiary/aromatic N) is 1. The van der Waals surface area contributed by atoms with Gasteiger partial charge in [-0.3, -0.25) is 4.79 Å². The van der Waals surface area contributed by atoms with Crippen LogP contribution in [0.1, 0.15) is 52.7 Å². The molecule has 1 saturated heterocycles. The first-order valence-electron chi connectivity index (χ1n) is 11.5. The first kappa shape index (κ1) is 24.9.